The summed E-state index contributed by atoms with van der Waals surface area (Å²) in [5.41, 5.74) is 1.76. The number of carbonyl (C=O) groups is 1. The third-order valence-corrected chi connectivity index (χ3v) is 2.14. The maximum Gasteiger partial charge on any atom is 0.323 e. The van der Waals surface area contributed by atoms with Crippen molar-refractivity contribution in [2.75, 3.05) is 5.32 Å². The van der Waals surface area contributed by atoms with Crippen molar-refractivity contribution in [2.24, 2.45) is 0 Å². The predicted molar refractivity (Wildman–Crippen MR) is 63.5 cm³/mol. The van der Waals surface area contributed by atoms with Gasteiger partial charge in [0.15, 0.2) is 0 Å². The summed E-state index contributed by atoms with van der Waals surface area (Å²) < 4.78 is 5.00. The van der Waals surface area contributed by atoms with Gasteiger partial charge < -0.3 is 9.73 Å². The second kappa shape index (κ2) is 5.16. The van der Waals surface area contributed by atoms with E-state index in [1.54, 1.807) is 6.92 Å². The van der Waals surface area contributed by atoms with Gasteiger partial charge in [0.2, 0.25) is 0 Å². The van der Waals surface area contributed by atoms with Crippen LogP contribution in [-0.2, 0) is 6.54 Å². The minimum atomic E-state index is -0.337. The van der Waals surface area contributed by atoms with Crippen molar-refractivity contribution in [3.63, 3.8) is 0 Å². The van der Waals surface area contributed by atoms with E-state index in [1.807, 2.05) is 30.3 Å². The van der Waals surface area contributed by atoms with Crippen LogP contribution in [0.15, 0.2) is 41.0 Å². The highest BCUT2D eigenvalue weighted by atomic mass is 16.4. The lowest BCUT2D eigenvalue weighted by molar-refractivity contribution is 0.251. The van der Waals surface area contributed by atoms with Crippen molar-refractivity contribution in [2.45, 2.75) is 13.5 Å². The minimum Gasteiger partial charge on any atom is -0.432 e. The number of aromatic nitrogens is 1. The lowest BCUT2D eigenvalue weighted by atomic mass is 10.2. The third-order valence-electron chi connectivity index (χ3n) is 2.14. The number of nitrogens with zero attached hydrogens (tertiary/aromatic N) is 1. The molecule has 5 heteroatoms. The number of oxazole rings is 1. The number of hydrogen-bond acceptors (Lipinski definition) is 3. The molecule has 17 heavy (non-hydrogen) atoms. The van der Waals surface area contributed by atoms with E-state index in [2.05, 4.69) is 15.6 Å². The summed E-state index contributed by atoms with van der Waals surface area (Å²) in [7, 11) is 0. The molecule has 0 spiro atoms. The molecule has 2 amide bonds. The third kappa shape index (κ3) is 3.34. The molecule has 1 aromatic carbocycles. The average molecular weight is 231 g/mol. The van der Waals surface area contributed by atoms with Crippen molar-refractivity contribution in [3.8, 4) is 0 Å². The summed E-state index contributed by atoms with van der Waals surface area (Å²) in [5.74, 6) is 0. The molecule has 0 bridgehead atoms. The maximum atomic E-state index is 11.5. The van der Waals surface area contributed by atoms with Gasteiger partial charge in [0.05, 0.1) is 5.69 Å². The van der Waals surface area contributed by atoms with E-state index in [-0.39, 0.29) is 12.0 Å². The molecule has 0 radical (unpaired) electrons. The van der Waals surface area contributed by atoms with Crippen LogP contribution in [0.3, 0.4) is 0 Å². The largest absolute Gasteiger partial charge is 0.432 e. The number of aryl methyl sites for hydroxylation is 1. The van der Waals surface area contributed by atoms with E-state index in [4.69, 9.17) is 4.42 Å². The average Bonchev–Trinajstić information content (AvgIpc) is 2.73. The first-order valence-corrected chi connectivity index (χ1v) is 5.25. The van der Waals surface area contributed by atoms with E-state index >= 15 is 0 Å². The summed E-state index contributed by atoms with van der Waals surface area (Å²) in [6.07, 6.45) is 1.48. The lowest BCUT2D eigenvalue weighted by Crippen LogP contribution is -2.28. The molecular weight excluding hydrogens is 218 g/mol. The van der Waals surface area contributed by atoms with E-state index < -0.39 is 0 Å². The fourth-order valence-electron chi connectivity index (χ4n) is 1.33. The second-order valence-electron chi connectivity index (χ2n) is 3.59. The Morgan fingerprint density at radius 2 is 2.12 bits per heavy atom. The molecule has 0 unspecified atom stereocenters. The number of anilines is 1. The highest BCUT2D eigenvalue weighted by Crippen LogP contribution is 2.05. The molecule has 0 aliphatic heterocycles. The molecule has 2 N–H and O–H groups in total. The monoisotopic (exact) mass is 231 g/mol. The van der Waals surface area contributed by atoms with Crippen LogP contribution in [0.4, 0.5) is 10.8 Å². The molecule has 5 nitrogen and oxygen atoms in total. The van der Waals surface area contributed by atoms with Gasteiger partial charge >= 0.3 is 12.0 Å². The van der Waals surface area contributed by atoms with Crippen LogP contribution in [0.5, 0.6) is 0 Å². The Morgan fingerprint density at radius 1 is 1.35 bits per heavy atom. The van der Waals surface area contributed by atoms with Crippen LogP contribution in [0.25, 0.3) is 0 Å². The molecule has 2 rings (SSSR count). The van der Waals surface area contributed by atoms with Crippen molar-refractivity contribution in [1.29, 1.82) is 0 Å². The Hall–Kier alpha value is -2.30. The van der Waals surface area contributed by atoms with Gasteiger partial charge in [0, 0.05) is 6.54 Å². The standard InChI is InChI=1S/C12H13N3O2/c1-9-8-17-12(14-9)15-11(16)13-7-10-5-3-2-4-6-10/h2-6,8H,7H2,1H3,(H2,13,14,15,16). The van der Waals surface area contributed by atoms with Crippen molar-refractivity contribution < 1.29 is 9.21 Å². The van der Waals surface area contributed by atoms with Gasteiger partial charge in [-0.15, -0.1) is 0 Å². The number of amides is 2. The predicted octanol–water partition coefficient (Wildman–Crippen LogP) is 2.30. The highest BCUT2D eigenvalue weighted by molar-refractivity contribution is 5.86. The Balaban J connectivity index is 1.82. The zero-order valence-electron chi connectivity index (χ0n) is 9.43. The molecule has 0 aliphatic rings. The van der Waals surface area contributed by atoms with E-state index in [0.29, 0.717) is 6.54 Å². The Kier molecular flexibility index (Phi) is 3.40. The second-order valence-corrected chi connectivity index (χ2v) is 3.59. The lowest BCUT2D eigenvalue weighted by Gasteiger charge is -2.04. The van der Waals surface area contributed by atoms with Crippen LogP contribution in [0.2, 0.25) is 0 Å². The fourth-order valence-corrected chi connectivity index (χ4v) is 1.33. The smallest absolute Gasteiger partial charge is 0.323 e. The van der Waals surface area contributed by atoms with E-state index in [9.17, 15) is 4.79 Å². The highest BCUT2D eigenvalue weighted by Gasteiger charge is 2.05. The van der Waals surface area contributed by atoms with E-state index in [1.165, 1.54) is 6.26 Å². The summed E-state index contributed by atoms with van der Waals surface area (Å²) in [6.45, 7) is 2.25. The number of hydrogen-bond donors (Lipinski definition) is 2. The van der Waals surface area contributed by atoms with Gasteiger partial charge in [0.25, 0.3) is 0 Å². The first-order valence-electron chi connectivity index (χ1n) is 5.25. The molecule has 1 aromatic heterocycles. The SMILES string of the molecule is Cc1coc(NC(=O)NCc2ccccc2)n1. The normalized spacial score (nSPS) is 9.94. The van der Waals surface area contributed by atoms with Crippen molar-refractivity contribution in [1.82, 2.24) is 10.3 Å². The molecule has 0 atom stereocenters. The number of urea groups is 1. The van der Waals surface area contributed by atoms with Crippen LogP contribution < -0.4 is 10.6 Å². The topological polar surface area (TPSA) is 67.2 Å². The van der Waals surface area contributed by atoms with Crippen molar-refractivity contribution >= 4 is 12.0 Å². The molecule has 1 heterocycles. The summed E-state index contributed by atoms with van der Waals surface area (Å²) in [6, 6.07) is 9.52. The quantitative estimate of drug-likeness (QED) is 0.851. The zero-order chi connectivity index (χ0) is 12.1. The Labute approximate surface area is 98.9 Å². The summed E-state index contributed by atoms with van der Waals surface area (Å²) in [5, 5.41) is 5.21. The Morgan fingerprint density at radius 3 is 2.76 bits per heavy atom. The first-order chi connectivity index (χ1) is 8.24. The van der Waals surface area contributed by atoms with Gasteiger partial charge in [-0.1, -0.05) is 30.3 Å². The molecule has 0 saturated heterocycles. The van der Waals surface area contributed by atoms with Gasteiger partial charge in [-0.05, 0) is 12.5 Å². The van der Waals surface area contributed by atoms with Crippen LogP contribution >= 0.6 is 0 Å². The Bertz CT molecular complexity index is 493. The van der Waals surface area contributed by atoms with Gasteiger partial charge in [-0.3, -0.25) is 5.32 Å². The van der Waals surface area contributed by atoms with Crippen LogP contribution in [0, 0.1) is 6.92 Å². The van der Waals surface area contributed by atoms with Gasteiger partial charge in [0.1, 0.15) is 6.26 Å². The number of benzene rings is 1. The molecule has 0 fully saturated rings. The minimum absolute atomic E-state index is 0.202. The van der Waals surface area contributed by atoms with Crippen LogP contribution in [-0.4, -0.2) is 11.0 Å². The molecule has 0 aliphatic carbocycles. The maximum absolute atomic E-state index is 11.5. The first kappa shape index (κ1) is 11.2. The zero-order valence-corrected chi connectivity index (χ0v) is 9.43. The van der Waals surface area contributed by atoms with Gasteiger partial charge in [-0.2, -0.15) is 4.98 Å². The van der Waals surface area contributed by atoms with Gasteiger partial charge in [-0.25, -0.2) is 4.79 Å². The number of nitrogens with one attached hydrogen (secondary N) is 2. The summed E-state index contributed by atoms with van der Waals surface area (Å²) in [4.78, 5) is 15.4. The summed E-state index contributed by atoms with van der Waals surface area (Å²) >= 11 is 0. The number of rotatable bonds is 3. The molecular formula is C12H13N3O2. The number of carbonyl (C=O) groups excluding carboxylic acids is 1. The molecule has 0 saturated carbocycles. The van der Waals surface area contributed by atoms with Crippen LogP contribution in [0.1, 0.15) is 11.3 Å². The van der Waals surface area contributed by atoms with Crippen molar-refractivity contribution in [3.05, 3.63) is 47.9 Å². The molecule has 2 aromatic rings. The van der Waals surface area contributed by atoms with E-state index in [0.717, 1.165) is 11.3 Å². The molecule has 88 valence electrons. The fraction of sp³-hybridized carbons (Fsp3) is 0.167.